The average Bonchev–Trinajstić information content (AvgIpc) is 2.64. The number of anilines is 2. The first-order valence-electron chi connectivity index (χ1n) is 7.66. The van der Waals surface area contributed by atoms with Crippen molar-refractivity contribution in [2.45, 2.75) is 0 Å². The number of hydrogen-bond donors (Lipinski definition) is 2. The van der Waals surface area contributed by atoms with Gasteiger partial charge in [0.15, 0.2) is 0 Å². The van der Waals surface area contributed by atoms with Gasteiger partial charge in [-0.3, -0.25) is 9.59 Å². The van der Waals surface area contributed by atoms with Crippen LogP contribution in [0.2, 0.25) is 0 Å². The molecule has 0 aliphatic heterocycles. The molecule has 0 bridgehead atoms. The standard InChI is InChI=1S/C20H15BrN2O2/c21-15-10-12-16(13-11-15)22-20(25)17-8-4-5-9-18(17)23-19(24)14-6-2-1-3-7-14/h1-13H,(H,22,25)(H,23,24). The topological polar surface area (TPSA) is 58.2 Å². The molecule has 4 nitrogen and oxygen atoms in total. The summed E-state index contributed by atoms with van der Waals surface area (Å²) >= 11 is 3.36. The lowest BCUT2D eigenvalue weighted by Crippen LogP contribution is -2.18. The molecule has 0 radical (unpaired) electrons. The second-order valence-electron chi connectivity index (χ2n) is 5.33. The van der Waals surface area contributed by atoms with Gasteiger partial charge < -0.3 is 10.6 Å². The highest BCUT2D eigenvalue weighted by Crippen LogP contribution is 2.19. The van der Waals surface area contributed by atoms with Crippen LogP contribution in [0.15, 0.2) is 83.3 Å². The highest BCUT2D eigenvalue weighted by molar-refractivity contribution is 9.10. The van der Waals surface area contributed by atoms with Gasteiger partial charge in [-0.2, -0.15) is 0 Å². The summed E-state index contributed by atoms with van der Waals surface area (Å²) in [6.07, 6.45) is 0. The number of rotatable bonds is 4. The minimum atomic E-state index is -0.286. The van der Waals surface area contributed by atoms with E-state index < -0.39 is 0 Å². The Morgan fingerprint density at radius 2 is 1.32 bits per heavy atom. The zero-order valence-electron chi connectivity index (χ0n) is 13.2. The summed E-state index contributed by atoms with van der Waals surface area (Å²) in [5.74, 6) is -0.546. The third-order valence-corrected chi connectivity index (χ3v) is 4.09. The van der Waals surface area contributed by atoms with Crippen molar-refractivity contribution in [2.24, 2.45) is 0 Å². The first kappa shape index (κ1) is 16.9. The van der Waals surface area contributed by atoms with Crippen molar-refractivity contribution < 1.29 is 9.59 Å². The smallest absolute Gasteiger partial charge is 0.257 e. The maximum atomic E-state index is 12.6. The SMILES string of the molecule is O=C(Nc1ccccc1C(=O)Nc1ccc(Br)cc1)c1ccccc1. The first-order valence-corrected chi connectivity index (χ1v) is 8.45. The van der Waals surface area contributed by atoms with Crippen LogP contribution in [0.25, 0.3) is 0 Å². The van der Waals surface area contributed by atoms with Gasteiger partial charge in [0.1, 0.15) is 0 Å². The van der Waals surface area contributed by atoms with Gasteiger partial charge in [-0.15, -0.1) is 0 Å². The Kier molecular flexibility index (Phi) is 5.26. The molecule has 3 rings (SSSR count). The third-order valence-electron chi connectivity index (χ3n) is 3.56. The lowest BCUT2D eigenvalue weighted by molar-refractivity contribution is 0.102. The molecule has 2 amide bonds. The molecule has 0 atom stereocenters. The lowest BCUT2D eigenvalue weighted by atomic mass is 10.1. The summed E-state index contributed by atoms with van der Waals surface area (Å²) in [6.45, 7) is 0. The van der Waals surface area contributed by atoms with Crippen LogP contribution in [0.4, 0.5) is 11.4 Å². The van der Waals surface area contributed by atoms with E-state index in [-0.39, 0.29) is 11.8 Å². The zero-order valence-corrected chi connectivity index (χ0v) is 14.8. The number of amides is 2. The normalized spacial score (nSPS) is 10.1. The van der Waals surface area contributed by atoms with Gasteiger partial charge in [0.25, 0.3) is 11.8 Å². The maximum absolute atomic E-state index is 12.6. The van der Waals surface area contributed by atoms with E-state index in [1.54, 1.807) is 60.7 Å². The Morgan fingerprint density at radius 3 is 2.04 bits per heavy atom. The predicted octanol–water partition coefficient (Wildman–Crippen LogP) is 4.95. The Bertz CT molecular complexity index is 893. The fraction of sp³-hybridized carbons (Fsp3) is 0. The van der Waals surface area contributed by atoms with E-state index in [0.717, 1.165) is 4.47 Å². The number of carbonyl (C=O) groups excluding carboxylic acids is 2. The molecule has 0 spiro atoms. The summed E-state index contributed by atoms with van der Waals surface area (Å²) in [6, 6.07) is 23.1. The van der Waals surface area contributed by atoms with Crippen LogP contribution in [-0.2, 0) is 0 Å². The van der Waals surface area contributed by atoms with E-state index in [4.69, 9.17) is 0 Å². The Morgan fingerprint density at radius 1 is 0.680 bits per heavy atom. The van der Waals surface area contributed by atoms with E-state index in [0.29, 0.717) is 22.5 Å². The molecule has 3 aromatic carbocycles. The molecule has 0 aliphatic rings. The number of halogens is 1. The molecule has 0 saturated heterocycles. The number of carbonyl (C=O) groups is 2. The molecule has 0 fully saturated rings. The Balaban J connectivity index is 1.79. The van der Waals surface area contributed by atoms with Gasteiger partial charge in [-0.05, 0) is 48.5 Å². The maximum Gasteiger partial charge on any atom is 0.257 e. The van der Waals surface area contributed by atoms with Crippen molar-refractivity contribution in [1.82, 2.24) is 0 Å². The van der Waals surface area contributed by atoms with Crippen LogP contribution in [0.1, 0.15) is 20.7 Å². The van der Waals surface area contributed by atoms with Crippen molar-refractivity contribution in [2.75, 3.05) is 10.6 Å². The number of nitrogens with one attached hydrogen (secondary N) is 2. The second-order valence-corrected chi connectivity index (χ2v) is 6.24. The number of hydrogen-bond acceptors (Lipinski definition) is 2. The minimum Gasteiger partial charge on any atom is -0.322 e. The fourth-order valence-electron chi connectivity index (χ4n) is 2.31. The van der Waals surface area contributed by atoms with Crippen molar-refractivity contribution in [3.05, 3.63) is 94.5 Å². The molecule has 3 aromatic rings. The molecular formula is C20H15BrN2O2. The van der Waals surface area contributed by atoms with E-state index in [1.165, 1.54) is 0 Å². The predicted molar refractivity (Wildman–Crippen MR) is 103 cm³/mol. The summed E-state index contributed by atoms with van der Waals surface area (Å²) in [5.41, 5.74) is 2.07. The largest absolute Gasteiger partial charge is 0.322 e. The highest BCUT2D eigenvalue weighted by atomic mass is 79.9. The molecule has 124 valence electrons. The van der Waals surface area contributed by atoms with Crippen molar-refractivity contribution in [1.29, 1.82) is 0 Å². The molecule has 25 heavy (non-hydrogen) atoms. The Hall–Kier alpha value is -2.92. The van der Waals surface area contributed by atoms with Crippen LogP contribution in [-0.4, -0.2) is 11.8 Å². The van der Waals surface area contributed by atoms with E-state index in [2.05, 4.69) is 26.6 Å². The van der Waals surface area contributed by atoms with Crippen molar-refractivity contribution in [3.63, 3.8) is 0 Å². The zero-order chi connectivity index (χ0) is 17.6. The highest BCUT2D eigenvalue weighted by Gasteiger charge is 2.14. The Labute approximate surface area is 154 Å². The molecule has 0 aromatic heterocycles. The van der Waals surface area contributed by atoms with Crippen molar-refractivity contribution in [3.8, 4) is 0 Å². The van der Waals surface area contributed by atoms with Gasteiger partial charge >= 0.3 is 0 Å². The quantitative estimate of drug-likeness (QED) is 0.657. The molecule has 0 heterocycles. The monoisotopic (exact) mass is 394 g/mol. The van der Waals surface area contributed by atoms with Crippen LogP contribution < -0.4 is 10.6 Å². The fourth-order valence-corrected chi connectivity index (χ4v) is 2.57. The van der Waals surface area contributed by atoms with Crippen molar-refractivity contribution >= 4 is 39.1 Å². The first-order chi connectivity index (χ1) is 12.1. The number of benzene rings is 3. The minimum absolute atomic E-state index is 0.260. The van der Waals surface area contributed by atoms with Crippen LogP contribution >= 0.6 is 15.9 Å². The molecule has 5 heteroatoms. The summed E-state index contributed by atoms with van der Waals surface area (Å²) in [7, 11) is 0. The van der Waals surface area contributed by atoms with Gasteiger partial charge in [0.05, 0.1) is 11.3 Å². The third kappa shape index (κ3) is 4.33. The van der Waals surface area contributed by atoms with E-state index >= 15 is 0 Å². The van der Waals surface area contributed by atoms with Crippen LogP contribution in [0.3, 0.4) is 0 Å². The van der Waals surface area contributed by atoms with Gasteiger partial charge in [-0.25, -0.2) is 0 Å². The number of para-hydroxylation sites is 1. The van der Waals surface area contributed by atoms with Gasteiger partial charge in [0, 0.05) is 15.7 Å². The second kappa shape index (κ2) is 7.77. The average molecular weight is 395 g/mol. The van der Waals surface area contributed by atoms with Gasteiger partial charge in [0.2, 0.25) is 0 Å². The summed E-state index contributed by atoms with van der Waals surface area (Å²) in [5, 5.41) is 5.62. The van der Waals surface area contributed by atoms with Crippen LogP contribution in [0.5, 0.6) is 0 Å². The van der Waals surface area contributed by atoms with E-state index in [1.807, 2.05) is 18.2 Å². The lowest BCUT2D eigenvalue weighted by Gasteiger charge is -2.11. The molecule has 0 saturated carbocycles. The molecular weight excluding hydrogens is 380 g/mol. The summed E-state index contributed by atoms with van der Waals surface area (Å²) < 4.78 is 0.932. The molecule has 0 aliphatic carbocycles. The summed E-state index contributed by atoms with van der Waals surface area (Å²) in [4.78, 5) is 24.9. The van der Waals surface area contributed by atoms with E-state index in [9.17, 15) is 9.59 Å². The molecule has 0 unspecified atom stereocenters. The van der Waals surface area contributed by atoms with Crippen LogP contribution in [0, 0.1) is 0 Å². The van der Waals surface area contributed by atoms with Gasteiger partial charge in [-0.1, -0.05) is 46.3 Å². The molecule has 2 N–H and O–H groups in total.